The third kappa shape index (κ3) is 8.84. The fourth-order valence-electron chi connectivity index (χ4n) is 5.88. The minimum absolute atomic E-state index is 0.0102. The number of aliphatic hydroxyl groups is 2. The number of fused-ring (bicyclic) bond motifs is 2. The minimum Gasteiger partial charge on any atom is -0.487 e. The monoisotopic (exact) mass is 832 g/mol. The number of aliphatic imine (C=N–C) groups is 2. The van der Waals surface area contributed by atoms with E-state index in [2.05, 4.69) is 20.0 Å². The predicted octanol–water partition coefficient (Wildman–Crippen LogP) is 9.65. The van der Waals surface area contributed by atoms with Crippen molar-refractivity contribution in [2.24, 2.45) is 9.98 Å². The first-order valence-electron chi connectivity index (χ1n) is 17.2. The van der Waals surface area contributed by atoms with Gasteiger partial charge < -0.3 is 29.5 Å². The van der Waals surface area contributed by atoms with Crippen LogP contribution in [0.4, 0.5) is 16.2 Å². The number of amides is 2. The van der Waals surface area contributed by atoms with E-state index < -0.39 is 19.2 Å². The molecule has 15 heteroatoms. The number of hydrogen-bond acceptors (Lipinski definition) is 7. The van der Waals surface area contributed by atoms with Gasteiger partial charge in [0.15, 0.2) is 0 Å². The van der Waals surface area contributed by atoms with Crippen LogP contribution in [0, 0.1) is 13.8 Å². The van der Waals surface area contributed by atoms with Crippen molar-refractivity contribution < 1.29 is 24.5 Å². The van der Waals surface area contributed by atoms with Crippen molar-refractivity contribution in [3.63, 3.8) is 0 Å². The molecule has 0 aliphatic rings. The zero-order valence-corrected chi connectivity index (χ0v) is 33.7. The third-order valence-corrected chi connectivity index (χ3v) is 10.5. The van der Waals surface area contributed by atoms with Crippen molar-refractivity contribution in [3.8, 4) is 11.5 Å². The second-order valence-electron chi connectivity index (χ2n) is 12.6. The summed E-state index contributed by atoms with van der Waals surface area (Å²) in [6.07, 6.45) is 0. The lowest BCUT2D eigenvalue weighted by molar-refractivity contribution is 0.256. The SMILES string of the molecule is Cc1ccc2cccc(OCc3c(Cl)ccc(N(C)C(CO)=NC(=O)N=C(CO)N(C)c4ccc(Cl)c(COc5cccc6ccc(C)nc56)c4Cl)c3Cl)c2n1. The number of urea groups is 1. The molecule has 2 amide bonds. The second kappa shape index (κ2) is 17.8. The molecule has 2 heterocycles. The number of nitrogens with zero attached hydrogens (tertiary/aromatic N) is 6. The maximum absolute atomic E-state index is 13.2. The first-order chi connectivity index (χ1) is 26.9. The molecule has 0 saturated carbocycles. The number of benzene rings is 4. The summed E-state index contributed by atoms with van der Waals surface area (Å²) in [4.78, 5) is 33.4. The lowest BCUT2D eigenvalue weighted by Gasteiger charge is -2.24. The number of hydrogen-bond donors (Lipinski definition) is 2. The van der Waals surface area contributed by atoms with Gasteiger partial charge in [-0.1, -0.05) is 82.8 Å². The number of amidine groups is 2. The molecule has 0 atom stereocenters. The van der Waals surface area contributed by atoms with E-state index in [1.165, 1.54) is 9.80 Å². The number of pyridine rings is 2. The van der Waals surface area contributed by atoms with E-state index >= 15 is 0 Å². The molecule has 0 saturated heterocycles. The number of carbonyl (C=O) groups is 1. The molecule has 56 heavy (non-hydrogen) atoms. The van der Waals surface area contributed by atoms with Crippen LogP contribution in [0.3, 0.4) is 0 Å². The highest BCUT2D eigenvalue weighted by atomic mass is 35.5. The van der Waals surface area contributed by atoms with E-state index in [9.17, 15) is 15.0 Å². The summed E-state index contributed by atoms with van der Waals surface area (Å²) in [5, 5.41) is 23.6. The van der Waals surface area contributed by atoms with E-state index in [0.29, 0.717) is 55.1 Å². The topological polar surface area (TPSA) is 133 Å². The number of para-hydroxylation sites is 2. The lowest BCUT2D eigenvalue weighted by atomic mass is 10.1. The van der Waals surface area contributed by atoms with Gasteiger partial charge in [0.25, 0.3) is 0 Å². The standard InChI is InChI=1S/C41H36Cl4N6O5/c1-23-11-13-25-7-5-9-33(39(25)46-23)55-21-27-29(42)15-17-31(37(27)44)50(3)35(19-52)48-41(54)49-36(20-53)51(4)32-18-16-30(43)28(38(32)45)22-56-34-10-6-8-26-14-12-24(2)47-40(26)34/h5-18,52-53H,19-22H2,1-4H3. The molecule has 0 fully saturated rings. The number of ether oxygens (including phenoxy) is 2. The van der Waals surface area contributed by atoms with Gasteiger partial charge >= 0.3 is 6.03 Å². The normalized spacial score (nSPS) is 12.0. The number of rotatable bonds is 10. The maximum Gasteiger partial charge on any atom is 0.370 e. The summed E-state index contributed by atoms with van der Waals surface area (Å²) < 4.78 is 12.3. The Kier molecular flexibility index (Phi) is 13.0. The molecule has 0 bridgehead atoms. The van der Waals surface area contributed by atoms with E-state index in [0.717, 1.165) is 22.2 Å². The van der Waals surface area contributed by atoms with Crippen molar-refractivity contribution in [1.82, 2.24) is 9.97 Å². The number of likely N-dealkylation sites (N-methyl/N-ethyl adjacent to an activating group) is 2. The Hall–Kier alpha value is -5.01. The van der Waals surface area contributed by atoms with Crippen molar-refractivity contribution in [3.05, 3.63) is 128 Å². The van der Waals surface area contributed by atoms with Crippen molar-refractivity contribution in [2.75, 3.05) is 37.1 Å². The smallest absolute Gasteiger partial charge is 0.370 e. The first kappa shape index (κ1) is 40.6. The summed E-state index contributed by atoms with van der Waals surface area (Å²) in [6.45, 7) is 2.53. The van der Waals surface area contributed by atoms with Gasteiger partial charge in [-0.05, 0) is 62.4 Å². The Morgan fingerprint density at radius 3 is 1.43 bits per heavy atom. The van der Waals surface area contributed by atoms with Crippen LogP contribution in [-0.4, -0.2) is 65.2 Å². The van der Waals surface area contributed by atoms with Crippen LogP contribution in [0.15, 0.2) is 94.9 Å². The molecule has 0 aliphatic heterocycles. The van der Waals surface area contributed by atoms with Gasteiger partial charge in [-0.15, -0.1) is 0 Å². The van der Waals surface area contributed by atoms with Crippen LogP contribution in [0.2, 0.25) is 20.1 Å². The molecule has 6 aromatic rings. The fourth-order valence-corrected chi connectivity index (χ4v) is 7.09. The first-order valence-corrected chi connectivity index (χ1v) is 18.7. The van der Waals surface area contributed by atoms with E-state index in [-0.39, 0.29) is 34.9 Å². The number of carbonyl (C=O) groups excluding carboxylic acids is 1. The molecule has 0 radical (unpaired) electrons. The Morgan fingerprint density at radius 1 is 0.625 bits per heavy atom. The molecule has 2 aromatic heterocycles. The zero-order valence-electron chi connectivity index (χ0n) is 30.7. The molecular weight excluding hydrogens is 798 g/mol. The van der Waals surface area contributed by atoms with Crippen LogP contribution in [-0.2, 0) is 13.2 Å². The number of aryl methyl sites for hydroxylation is 2. The zero-order chi connectivity index (χ0) is 40.1. The Balaban J connectivity index is 1.20. The van der Waals surface area contributed by atoms with Crippen molar-refractivity contribution in [2.45, 2.75) is 27.1 Å². The van der Waals surface area contributed by atoms with Gasteiger partial charge in [0.2, 0.25) is 0 Å². The average Bonchev–Trinajstić information content (AvgIpc) is 3.18. The van der Waals surface area contributed by atoms with Gasteiger partial charge in [0.1, 0.15) is 60.6 Å². The van der Waals surface area contributed by atoms with Gasteiger partial charge in [-0.2, -0.15) is 9.98 Å². The molecule has 11 nitrogen and oxygen atoms in total. The highest BCUT2D eigenvalue weighted by molar-refractivity contribution is 6.39. The van der Waals surface area contributed by atoms with Gasteiger partial charge in [-0.3, -0.25) is 0 Å². The number of aromatic nitrogens is 2. The predicted molar refractivity (Wildman–Crippen MR) is 226 cm³/mol. The summed E-state index contributed by atoms with van der Waals surface area (Å²) in [7, 11) is 3.16. The second-order valence-corrected chi connectivity index (χ2v) is 14.2. The van der Waals surface area contributed by atoms with Crippen LogP contribution < -0.4 is 19.3 Å². The van der Waals surface area contributed by atoms with Crippen LogP contribution in [0.5, 0.6) is 11.5 Å². The van der Waals surface area contributed by atoms with Crippen LogP contribution in [0.1, 0.15) is 22.5 Å². The summed E-state index contributed by atoms with van der Waals surface area (Å²) >= 11 is 26.8. The Morgan fingerprint density at radius 2 is 1.04 bits per heavy atom. The molecule has 288 valence electrons. The number of aliphatic hydroxyl groups excluding tert-OH is 2. The molecule has 4 aromatic carbocycles. The quantitative estimate of drug-likeness (QED) is 0.102. The van der Waals surface area contributed by atoms with Crippen molar-refractivity contribution in [1.29, 1.82) is 0 Å². The van der Waals surface area contributed by atoms with Gasteiger partial charge in [0, 0.05) is 57.4 Å². The third-order valence-electron chi connectivity index (χ3n) is 8.95. The Labute approximate surface area is 343 Å². The van der Waals surface area contributed by atoms with Gasteiger partial charge in [-0.25, -0.2) is 14.8 Å². The highest BCUT2D eigenvalue weighted by Crippen LogP contribution is 2.37. The van der Waals surface area contributed by atoms with E-state index in [1.54, 1.807) is 38.4 Å². The number of anilines is 2. The molecule has 0 spiro atoms. The lowest BCUT2D eigenvalue weighted by Crippen LogP contribution is -2.32. The molecule has 6 rings (SSSR count). The maximum atomic E-state index is 13.2. The van der Waals surface area contributed by atoms with Crippen LogP contribution in [0.25, 0.3) is 21.8 Å². The summed E-state index contributed by atoms with van der Waals surface area (Å²) in [6, 6.07) is 24.6. The van der Waals surface area contributed by atoms with Crippen molar-refractivity contribution >= 4 is 97.3 Å². The molecular formula is C41H36Cl4N6O5. The van der Waals surface area contributed by atoms with E-state index in [1.807, 2.05) is 74.5 Å². The highest BCUT2D eigenvalue weighted by Gasteiger charge is 2.21. The van der Waals surface area contributed by atoms with Crippen LogP contribution >= 0.6 is 46.4 Å². The largest absolute Gasteiger partial charge is 0.487 e. The number of halogens is 4. The molecule has 2 N–H and O–H groups in total. The average molecular weight is 835 g/mol. The van der Waals surface area contributed by atoms with E-state index in [4.69, 9.17) is 55.9 Å². The Bertz CT molecular complexity index is 2340. The molecule has 0 aliphatic carbocycles. The molecule has 0 unspecified atom stereocenters. The minimum atomic E-state index is -1.00. The van der Waals surface area contributed by atoms with Gasteiger partial charge in [0.05, 0.1) is 21.4 Å². The summed E-state index contributed by atoms with van der Waals surface area (Å²) in [5.41, 5.74) is 4.82. The summed E-state index contributed by atoms with van der Waals surface area (Å²) in [5.74, 6) is 0.956. The fraction of sp³-hybridized carbons (Fsp3) is 0.195.